The van der Waals surface area contributed by atoms with Gasteiger partial charge in [-0.15, -0.1) is 0 Å². The molecule has 1 amide bonds. The molecule has 3 heterocycles. The summed E-state index contributed by atoms with van der Waals surface area (Å²) >= 11 is 0. The highest BCUT2D eigenvalue weighted by atomic mass is 16.5. The van der Waals surface area contributed by atoms with Gasteiger partial charge >= 0.3 is 0 Å². The van der Waals surface area contributed by atoms with E-state index >= 15 is 0 Å². The second kappa shape index (κ2) is 5.09. The summed E-state index contributed by atoms with van der Waals surface area (Å²) in [5, 5.41) is 17.1. The molecule has 0 fully saturated rings. The van der Waals surface area contributed by atoms with E-state index < -0.39 is 0 Å². The Hall–Kier alpha value is -2.15. The van der Waals surface area contributed by atoms with E-state index in [1.54, 1.807) is 11.0 Å². The fourth-order valence-electron chi connectivity index (χ4n) is 2.38. The molecule has 1 N–H and O–H groups in total. The van der Waals surface area contributed by atoms with Crippen LogP contribution >= 0.6 is 0 Å². The van der Waals surface area contributed by atoms with Crippen LogP contribution in [0.3, 0.4) is 0 Å². The van der Waals surface area contributed by atoms with Crippen molar-refractivity contribution in [2.75, 3.05) is 6.54 Å². The van der Waals surface area contributed by atoms with Crippen LogP contribution in [0.5, 0.6) is 0 Å². The van der Waals surface area contributed by atoms with Crippen molar-refractivity contribution in [3.05, 3.63) is 35.0 Å². The minimum atomic E-state index is -0.0781. The molecule has 0 saturated heterocycles. The molecule has 2 aromatic rings. The summed E-state index contributed by atoms with van der Waals surface area (Å²) in [6, 6.07) is 3.61. The molecule has 1 aliphatic rings. The van der Waals surface area contributed by atoms with Crippen molar-refractivity contribution in [2.45, 2.75) is 33.0 Å². The lowest BCUT2D eigenvalue weighted by Gasteiger charge is -2.27. The van der Waals surface area contributed by atoms with Gasteiger partial charge in [-0.1, -0.05) is 5.16 Å². The first-order valence-corrected chi connectivity index (χ1v) is 6.52. The van der Waals surface area contributed by atoms with Gasteiger partial charge in [0.25, 0.3) is 0 Å². The molecule has 0 unspecified atom stereocenters. The molecule has 0 radical (unpaired) electrons. The lowest BCUT2D eigenvalue weighted by molar-refractivity contribution is -0.132. The van der Waals surface area contributed by atoms with Crippen LogP contribution in [0.2, 0.25) is 0 Å². The standard InChI is InChI=1S/C13H16N4O3/c1-9-4-12(20-15-9)6-13(19)16-2-3-17-11(7-16)5-10(8-18)14-17/h4-5,18H,2-3,6-8H2,1H3. The number of hydrogen-bond donors (Lipinski definition) is 1. The third-order valence-corrected chi connectivity index (χ3v) is 3.37. The van der Waals surface area contributed by atoms with Crippen molar-refractivity contribution in [3.63, 3.8) is 0 Å². The Labute approximate surface area is 115 Å². The van der Waals surface area contributed by atoms with Crippen LogP contribution in [0.15, 0.2) is 16.7 Å². The van der Waals surface area contributed by atoms with Crippen molar-refractivity contribution in [1.29, 1.82) is 0 Å². The van der Waals surface area contributed by atoms with Crippen molar-refractivity contribution in [1.82, 2.24) is 19.8 Å². The molecule has 0 saturated carbocycles. The van der Waals surface area contributed by atoms with E-state index in [-0.39, 0.29) is 18.9 Å². The van der Waals surface area contributed by atoms with E-state index in [1.807, 2.05) is 17.7 Å². The average molecular weight is 276 g/mol. The third kappa shape index (κ3) is 2.44. The summed E-state index contributed by atoms with van der Waals surface area (Å²) in [5.74, 6) is 0.599. The molecule has 0 spiro atoms. The lowest BCUT2D eigenvalue weighted by atomic mass is 10.2. The minimum Gasteiger partial charge on any atom is -0.390 e. The van der Waals surface area contributed by atoms with Gasteiger partial charge in [-0.25, -0.2) is 0 Å². The first kappa shape index (κ1) is 12.9. The van der Waals surface area contributed by atoms with E-state index in [2.05, 4.69) is 10.3 Å². The maximum absolute atomic E-state index is 12.2. The van der Waals surface area contributed by atoms with E-state index in [9.17, 15) is 4.79 Å². The minimum absolute atomic E-state index is 0.0131. The molecular formula is C13H16N4O3. The number of aliphatic hydroxyl groups excluding tert-OH is 1. The number of carbonyl (C=O) groups is 1. The molecule has 1 aliphatic heterocycles. The second-order valence-corrected chi connectivity index (χ2v) is 4.93. The number of aromatic nitrogens is 3. The van der Waals surface area contributed by atoms with Crippen LogP contribution in [0.4, 0.5) is 0 Å². The van der Waals surface area contributed by atoms with Gasteiger partial charge in [-0.3, -0.25) is 9.48 Å². The molecule has 106 valence electrons. The quantitative estimate of drug-likeness (QED) is 0.869. The van der Waals surface area contributed by atoms with Crippen LogP contribution in [0, 0.1) is 6.92 Å². The van der Waals surface area contributed by atoms with Gasteiger partial charge in [0.2, 0.25) is 5.91 Å². The summed E-state index contributed by atoms with van der Waals surface area (Å²) in [7, 11) is 0. The highest BCUT2D eigenvalue weighted by Gasteiger charge is 2.23. The third-order valence-electron chi connectivity index (χ3n) is 3.37. The SMILES string of the molecule is Cc1cc(CC(=O)N2CCn3nc(CO)cc3C2)on1. The van der Waals surface area contributed by atoms with Gasteiger partial charge in [-0.2, -0.15) is 5.10 Å². The topological polar surface area (TPSA) is 84.4 Å². The molecule has 0 atom stereocenters. The van der Waals surface area contributed by atoms with Crippen molar-refractivity contribution >= 4 is 5.91 Å². The Kier molecular flexibility index (Phi) is 3.27. The fourth-order valence-corrected chi connectivity index (χ4v) is 2.38. The molecule has 20 heavy (non-hydrogen) atoms. The summed E-state index contributed by atoms with van der Waals surface area (Å²) in [4.78, 5) is 14.0. The average Bonchev–Trinajstić information content (AvgIpc) is 3.03. The Morgan fingerprint density at radius 3 is 3.00 bits per heavy atom. The number of fused-ring (bicyclic) bond motifs is 1. The van der Waals surface area contributed by atoms with Gasteiger partial charge in [0.15, 0.2) is 0 Å². The Morgan fingerprint density at radius 1 is 1.45 bits per heavy atom. The Balaban J connectivity index is 1.68. The first-order valence-electron chi connectivity index (χ1n) is 6.52. The van der Waals surface area contributed by atoms with Crippen LogP contribution in [0.1, 0.15) is 22.8 Å². The van der Waals surface area contributed by atoms with E-state index in [0.29, 0.717) is 31.1 Å². The molecule has 7 nitrogen and oxygen atoms in total. The second-order valence-electron chi connectivity index (χ2n) is 4.93. The molecule has 0 bridgehead atoms. The predicted molar refractivity (Wildman–Crippen MR) is 68.5 cm³/mol. The zero-order valence-electron chi connectivity index (χ0n) is 11.2. The number of aryl methyl sites for hydroxylation is 1. The van der Waals surface area contributed by atoms with Gasteiger partial charge in [0, 0.05) is 12.6 Å². The monoisotopic (exact) mass is 276 g/mol. The van der Waals surface area contributed by atoms with Crippen molar-refractivity contribution in [2.24, 2.45) is 0 Å². The van der Waals surface area contributed by atoms with Gasteiger partial charge in [0.05, 0.1) is 43.2 Å². The fraction of sp³-hybridized carbons (Fsp3) is 0.462. The molecule has 0 aliphatic carbocycles. The summed E-state index contributed by atoms with van der Waals surface area (Å²) < 4.78 is 6.91. The molecule has 0 aromatic carbocycles. The van der Waals surface area contributed by atoms with E-state index in [0.717, 1.165) is 11.4 Å². The highest BCUT2D eigenvalue weighted by molar-refractivity contribution is 5.78. The zero-order chi connectivity index (χ0) is 14.1. The number of rotatable bonds is 3. The van der Waals surface area contributed by atoms with Crippen molar-refractivity contribution in [3.8, 4) is 0 Å². The first-order chi connectivity index (χ1) is 9.65. The Morgan fingerprint density at radius 2 is 2.30 bits per heavy atom. The molecule has 7 heteroatoms. The summed E-state index contributed by atoms with van der Waals surface area (Å²) in [6.45, 7) is 3.53. The largest absolute Gasteiger partial charge is 0.390 e. The van der Waals surface area contributed by atoms with Crippen molar-refractivity contribution < 1.29 is 14.4 Å². The van der Waals surface area contributed by atoms with Crippen LogP contribution in [-0.4, -0.2) is 37.4 Å². The van der Waals surface area contributed by atoms with E-state index in [1.165, 1.54) is 0 Å². The predicted octanol–water partition coefficient (Wildman–Crippen LogP) is 0.257. The Bertz CT molecular complexity index is 631. The molecule has 3 rings (SSSR count). The smallest absolute Gasteiger partial charge is 0.230 e. The maximum Gasteiger partial charge on any atom is 0.230 e. The number of hydrogen-bond acceptors (Lipinski definition) is 5. The maximum atomic E-state index is 12.2. The number of carbonyl (C=O) groups excluding carboxylic acids is 1. The van der Waals surface area contributed by atoms with Gasteiger partial charge in [0.1, 0.15) is 5.76 Å². The van der Waals surface area contributed by atoms with Gasteiger partial charge in [-0.05, 0) is 13.0 Å². The number of aliphatic hydroxyl groups is 1. The zero-order valence-corrected chi connectivity index (χ0v) is 11.2. The highest BCUT2D eigenvalue weighted by Crippen LogP contribution is 2.15. The summed E-state index contributed by atoms with van der Waals surface area (Å²) in [6.07, 6.45) is 0.224. The van der Waals surface area contributed by atoms with Crippen LogP contribution in [0.25, 0.3) is 0 Å². The number of amides is 1. The molecule has 2 aromatic heterocycles. The van der Waals surface area contributed by atoms with E-state index in [4.69, 9.17) is 9.63 Å². The molecular weight excluding hydrogens is 260 g/mol. The van der Waals surface area contributed by atoms with Crippen LogP contribution < -0.4 is 0 Å². The lowest BCUT2D eigenvalue weighted by Crippen LogP contribution is -2.39. The normalized spacial score (nSPS) is 14.4. The summed E-state index contributed by atoms with van der Waals surface area (Å²) in [5.41, 5.74) is 2.36. The van der Waals surface area contributed by atoms with Gasteiger partial charge < -0.3 is 14.5 Å². The number of nitrogens with zero attached hydrogens (tertiary/aromatic N) is 4. The van der Waals surface area contributed by atoms with Crippen LogP contribution in [-0.2, 0) is 30.9 Å².